The van der Waals surface area contributed by atoms with Crippen molar-refractivity contribution in [3.8, 4) is 0 Å². The molecule has 1 rings (SSSR count). The number of ether oxygens (including phenoxy) is 1. The molecule has 0 bridgehead atoms. The first kappa shape index (κ1) is 17.8. The predicted octanol–water partition coefficient (Wildman–Crippen LogP) is 3.09. The number of nitrogens with one attached hydrogen (secondary N) is 1. The highest BCUT2D eigenvalue weighted by molar-refractivity contribution is 9.10. The quantitative estimate of drug-likeness (QED) is 0.433. The van der Waals surface area contributed by atoms with Crippen LogP contribution in [-0.2, 0) is 14.3 Å². The van der Waals surface area contributed by atoms with Gasteiger partial charge in [0.25, 0.3) is 0 Å². The Kier molecular flexibility index (Phi) is 8.15. The first-order valence-corrected chi connectivity index (χ1v) is 8.32. The van der Waals surface area contributed by atoms with Gasteiger partial charge < -0.3 is 10.1 Å². The lowest BCUT2D eigenvalue weighted by Gasteiger charge is -2.18. The summed E-state index contributed by atoms with van der Waals surface area (Å²) in [5, 5.41) is 2.87. The second-order valence-electron chi connectivity index (χ2n) is 4.26. The van der Waals surface area contributed by atoms with E-state index < -0.39 is 6.04 Å². The number of halogens is 1. The SMILES string of the molecule is C=CCSCC(=O)NC(CC(=O)OC)c1cccc(Br)c1. The fourth-order valence-corrected chi connectivity index (χ4v) is 2.67. The average Bonchev–Trinajstić information content (AvgIpc) is 2.46. The zero-order chi connectivity index (χ0) is 15.7. The van der Waals surface area contributed by atoms with Crippen LogP contribution in [0.15, 0.2) is 41.4 Å². The number of carbonyl (C=O) groups is 2. The summed E-state index contributed by atoms with van der Waals surface area (Å²) in [6.07, 6.45) is 1.85. The molecule has 0 aromatic heterocycles. The van der Waals surface area contributed by atoms with Crippen molar-refractivity contribution in [2.24, 2.45) is 0 Å². The van der Waals surface area contributed by atoms with Crippen molar-refractivity contribution < 1.29 is 14.3 Å². The Morgan fingerprint density at radius 2 is 2.29 bits per heavy atom. The summed E-state index contributed by atoms with van der Waals surface area (Å²) in [5.74, 6) is 0.568. The minimum absolute atomic E-state index is 0.102. The molecule has 1 amide bonds. The van der Waals surface area contributed by atoms with Crippen LogP contribution in [0.25, 0.3) is 0 Å². The van der Waals surface area contributed by atoms with Crippen LogP contribution in [0, 0.1) is 0 Å². The van der Waals surface area contributed by atoms with Crippen LogP contribution in [0.4, 0.5) is 0 Å². The zero-order valence-electron chi connectivity index (χ0n) is 11.8. The average molecular weight is 372 g/mol. The van der Waals surface area contributed by atoms with E-state index in [1.807, 2.05) is 24.3 Å². The number of hydrogen-bond acceptors (Lipinski definition) is 4. The molecule has 6 heteroatoms. The van der Waals surface area contributed by atoms with E-state index >= 15 is 0 Å². The number of carbonyl (C=O) groups excluding carboxylic acids is 2. The van der Waals surface area contributed by atoms with E-state index in [-0.39, 0.29) is 18.3 Å². The smallest absolute Gasteiger partial charge is 0.307 e. The highest BCUT2D eigenvalue weighted by atomic mass is 79.9. The number of esters is 1. The van der Waals surface area contributed by atoms with Crippen LogP contribution >= 0.6 is 27.7 Å². The van der Waals surface area contributed by atoms with Gasteiger partial charge in [-0.1, -0.05) is 34.1 Å². The van der Waals surface area contributed by atoms with Gasteiger partial charge in [-0.3, -0.25) is 9.59 Å². The normalized spacial score (nSPS) is 11.5. The molecule has 0 saturated heterocycles. The van der Waals surface area contributed by atoms with Crippen LogP contribution in [0.5, 0.6) is 0 Å². The third-order valence-corrected chi connectivity index (χ3v) is 4.08. The third-order valence-electron chi connectivity index (χ3n) is 2.65. The topological polar surface area (TPSA) is 55.4 Å². The van der Waals surface area contributed by atoms with Gasteiger partial charge in [0, 0.05) is 10.2 Å². The largest absolute Gasteiger partial charge is 0.469 e. The molecule has 0 saturated carbocycles. The summed E-state index contributed by atoms with van der Waals surface area (Å²) >= 11 is 4.86. The fraction of sp³-hybridized carbons (Fsp3) is 0.333. The monoisotopic (exact) mass is 371 g/mol. The summed E-state index contributed by atoms with van der Waals surface area (Å²) in [4.78, 5) is 23.4. The van der Waals surface area contributed by atoms with Crippen LogP contribution in [0.2, 0.25) is 0 Å². The molecule has 4 nitrogen and oxygen atoms in total. The Bertz CT molecular complexity index is 507. The molecule has 0 heterocycles. The van der Waals surface area contributed by atoms with Gasteiger partial charge in [0.1, 0.15) is 0 Å². The van der Waals surface area contributed by atoms with Crippen LogP contribution in [0.1, 0.15) is 18.0 Å². The Balaban J connectivity index is 2.75. The molecule has 1 aromatic carbocycles. The molecule has 0 aliphatic heterocycles. The molecule has 0 aliphatic carbocycles. The number of benzene rings is 1. The maximum Gasteiger partial charge on any atom is 0.307 e. The summed E-state index contributed by atoms with van der Waals surface area (Å²) in [6.45, 7) is 3.61. The van der Waals surface area contributed by atoms with Crippen LogP contribution < -0.4 is 5.32 Å². The Hall–Kier alpha value is -1.27. The van der Waals surface area contributed by atoms with E-state index in [1.165, 1.54) is 18.9 Å². The minimum Gasteiger partial charge on any atom is -0.469 e. The summed E-state index contributed by atoms with van der Waals surface area (Å²) < 4.78 is 5.59. The van der Waals surface area contributed by atoms with Gasteiger partial charge in [-0.15, -0.1) is 18.3 Å². The van der Waals surface area contributed by atoms with Crippen molar-refractivity contribution in [3.05, 3.63) is 47.0 Å². The molecule has 0 radical (unpaired) electrons. The molecule has 1 atom stereocenters. The lowest BCUT2D eigenvalue weighted by atomic mass is 10.0. The molecule has 1 aromatic rings. The van der Waals surface area contributed by atoms with Crippen molar-refractivity contribution in [1.29, 1.82) is 0 Å². The lowest BCUT2D eigenvalue weighted by molar-refractivity contribution is -0.141. The molecule has 0 spiro atoms. The van der Waals surface area contributed by atoms with Crippen LogP contribution in [-0.4, -0.2) is 30.5 Å². The molecular formula is C15H18BrNO3S. The molecule has 1 N–H and O–H groups in total. The maximum atomic E-state index is 11.9. The van der Waals surface area contributed by atoms with Gasteiger partial charge in [0.15, 0.2) is 0 Å². The molecule has 114 valence electrons. The number of hydrogen-bond donors (Lipinski definition) is 1. The van der Waals surface area contributed by atoms with Crippen molar-refractivity contribution in [2.45, 2.75) is 12.5 Å². The predicted molar refractivity (Wildman–Crippen MR) is 89.2 cm³/mol. The van der Waals surface area contributed by atoms with Gasteiger partial charge >= 0.3 is 5.97 Å². The number of thioether (sulfide) groups is 1. The van der Waals surface area contributed by atoms with E-state index in [1.54, 1.807) is 6.08 Å². The summed E-state index contributed by atoms with van der Waals surface area (Å²) in [7, 11) is 1.34. The van der Waals surface area contributed by atoms with E-state index in [0.717, 1.165) is 10.0 Å². The van der Waals surface area contributed by atoms with E-state index in [4.69, 9.17) is 4.74 Å². The van der Waals surface area contributed by atoms with E-state index in [2.05, 4.69) is 27.8 Å². The zero-order valence-corrected chi connectivity index (χ0v) is 14.2. The van der Waals surface area contributed by atoms with Crippen molar-refractivity contribution in [3.63, 3.8) is 0 Å². The second-order valence-corrected chi connectivity index (χ2v) is 6.21. The Morgan fingerprint density at radius 3 is 2.90 bits per heavy atom. The molecule has 0 fully saturated rings. The van der Waals surface area contributed by atoms with Gasteiger partial charge in [0.2, 0.25) is 5.91 Å². The number of methoxy groups -OCH3 is 1. The number of amides is 1. The van der Waals surface area contributed by atoms with Crippen LogP contribution in [0.3, 0.4) is 0 Å². The fourth-order valence-electron chi connectivity index (χ4n) is 1.70. The minimum atomic E-state index is -0.396. The van der Waals surface area contributed by atoms with Crippen molar-refractivity contribution >= 4 is 39.6 Å². The highest BCUT2D eigenvalue weighted by Gasteiger charge is 2.19. The second kappa shape index (κ2) is 9.63. The highest BCUT2D eigenvalue weighted by Crippen LogP contribution is 2.21. The van der Waals surface area contributed by atoms with Gasteiger partial charge in [0.05, 0.1) is 25.3 Å². The van der Waals surface area contributed by atoms with Crippen molar-refractivity contribution in [1.82, 2.24) is 5.32 Å². The summed E-state index contributed by atoms with van der Waals surface area (Å²) in [5.41, 5.74) is 0.858. The van der Waals surface area contributed by atoms with E-state index in [9.17, 15) is 9.59 Å². The Morgan fingerprint density at radius 1 is 1.52 bits per heavy atom. The summed E-state index contributed by atoms with van der Waals surface area (Å²) in [6, 6.07) is 7.11. The molecule has 0 aliphatic rings. The van der Waals surface area contributed by atoms with Gasteiger partial charge in [-0.25, -0.2) is 0 Å². The third kappa shape index (κ3) is 6.82. The standard InChI is InChI=1S/C15H18BrNO3S/c1-3-7-21-10-14(18)17-13(9-15(19)20-2)11-5-4-6-12(16)8-11/h3-6,8,13H,1,7,9-10H2,2H3,(H,17,18). The molecule has 21 heavy (non-hydrogen) atoms. The first-order chi connectivity index (χ1) is 10.1. The van der Waals surface area contributed by atoms with Gasteiger partial charge in [-0.2, -0.15) is 0 Å². The van der Waals surface area contributed by atoms with E-state index in [0.29, 0.717) is 11.5 Å². The number of rotatable bonds is 8. The Labute approximate surface area is 137 Å². The first-order valence-electron chi connectivity index (χ1n) is 6.37. The lowest BCUT2D eigenvalue weighted by Crippen LogP contribution is -2.31. The molecule has 1 unspecified atom stereocenters. The molecular weight excluding hydrogens is 354 g/mol. The van der Waals surface area contributed by atoms with Crippen molar-refractivity contribution in [2.75, 3.05) is 18.6 Å². The van der Waals surface area contributed by atoms with Gasteiger partial charge in [-0.05, 0) is 17.7 Å². The maximum absolute atomic E-state index is 11.9.